The van der Waals surface area contributed by atoms with Crippen LogP contribution in [0.2, 0.25) is 0 Å². The van der Waals surface area contributed by atoms with Crippen molar-refractivity contribution in [3.8, 4) is 0 Å². The molecule has 2 aromatic carbocycles. The lowest BCUT2D eigenvalue weighted by Crippen LogP contribution is -2.47. The number of aromatic nitrogens is 2. The van der Waals surface area contributed by atoms with Gasteiger partial charge in [-0.05, 0) is 62.6 Å². The summed E-state index contributed by atoms with van der Waals surface area (Å²) in [6.45, 7) is 5.51. The zero-order valence-electron chi connectivity index (χ0n) is 19.0. The summed E-state index contributed by atoms with van der Waals surface area (Å²) in [7, 11) is 0. The number of aryl methyl sites for hydroxylation is 1. The molecule has 1 saturated heterocycles. The Hall–Kier alpha value is -3.68. The summed E-state index contributed by atoms with van der Waals surface area (Å²) in [4.78, 5) is 43.6. The Balaban J connectivity index is 1.39. The zero-order valence-corrected chi connectivity index (χ0v) is 19.0. The Labute approximate surface area is 192 Å². The van der Waals surface area contributed by atoms with E-state index in [9.17, 15) is 14.4 Å². The number of rotatable bonds is 6. The smallest absolute Gasteiger partial charge is 0.319 e. The molecular weight excluding hydrogens is 418 g/mol. The first kappa shape index (κ1) is 22.5. The number of benzene rings is 2. The number of hydrogen-bond acceptors (Lipinski definition) is 5. The van der Waals surface area contributed by atoms with Gasteiger partial charge >= 0.3 is 6.03 Å². The molecule has 2 N–H and O–H groups in total. The first-order chi connectivity index (χ1) is 16.0. The van der Waals surface area contributed by atoms with Crippen LogP contribution in [-0.2, 0) is 6.54 Å². The number of hydrogen-bond donors (Lipinski definition) is 2. The predicted molar refractivity (Wildman–Crippen MR) is 130 cm³/mol. The minimum Gasteiger partial charge on any atom is -0.352 e. The lowest BCUT2D eigenvalue weighted by Gasteiger charge is -2.33. The number of carbonyl (C=O) groups excluding carboxylic acids is 2. The maximum Gasteiger partial charge on any atom is 0.319 e. The van der Waals surface area contributed by atoms with Crippen LogP contribution in [0.1, 0.15) is 43.5 Å². The van der Waals surface area contributed by atoms with Gasteiger partial charge in [0.25, 0.3) is 5.56 Å². The van der Waals surface area contributed by atoms with E-state index in [1.54, 1.807) is 24.3 Å². The number of para-hydroxylation sites is 2. The van der Waals surface area contributed by atoms with E-state index in [1.807, 2.05) is 33.7 Å². The molecule has 1 aliphatic heterocycles. The van der Waals surface area contributed by atoms with Crippen LogP contribution in [0.4, 0.5) is 16.3 Å². The van der Waals surface area contributed by atoms with Gasteiger partial charge in [-0.3, -0.25) is 9.59 Å². The number of anilines is 2. The summed E-state index contributed by atoms with van der Waals surface area (Å²) in [5, 5.41) is 5.81. The number of fused-ring (bicyclic) bond motifs is 1. The van der Waals surface area contributed by atoms with Gasteiger partial charge in [0.2, 0.25) is 0 Å². The molecular formula is C25H29N5O3. The van der Waals surface area contributed by atoms with Crippen LogP contribution in [0.3, 0.4) is 0 Å². The number of amides is 2. The predicted octanol–water partition coefficient (Wildman–Crippen LogP) is 3.80. The van der Waals surface area contributed by atoms with Gasteiger partial charge in [-0.15, -0.1) is 0 Å². The number of piperidine rings is 1. The minimum absolute atomic E-state index is 0.0102. The summed E-state index contributed by atoms with van der Waals surface area (Å²) < 4.78 is 1.81. The van der Waals surface area contributed by atoms with Crippen LogP contribution >= 0.6 is 0 Å². The highest BCUT2D eigenvalue weighted by molar-refractivity contribution is 5.95. The lowest BCUT2D eigenvalue weighted by molar-refractivity contribution is 0.101. The van der Waals surface area contributed by atoms with Crippen molar-refractivity contribution in [2.24, 2.45) is 0 Å². The third-order valence-corrected chi connectivity index (χ3v) is 5.96. The number of urea groups is 1. The first-order valence-corrected chi connectivity index (χ1v) is 11.4. The molecule has 33 heavy (non-hydrogen) atoms. The molecule has 8 heteroatoms. The molecule has 2 amide bonds. The van der Waals surface area contributed by atoms with Crippen molar-refractivity contribution >= 4 is 34.4 Å². The SMILES string of the molecule is CCCn1c(=O)c(N2CCC(NC(=O)Nc3ccc(C(C)=O)cc3)CC2)nc2ccccc21. The second-order valence-corrected chi connectivity index (χ2v) is 8.37. The van der Waals surface area contributed by atoms with Crippen molar-refractivity contribution < 1.29 is 9.59 Å². The molecule has 172 valence electrons. The molecule has 0 atom stereocenters. The van der Waals surface area contributed by atoms with Crippen LogP contribution in [0.15, 0.2) is 53.3 Å². The molecule has 8 nitrogen and oxygen atoms in total. The summed E-state index contributed by atoms with van der Waals surface area (Å²) in [6.07, 6.45) is 2.31. The average molecular weight is 448 g/mol. The quantitative estimate of drug-likeness (QED) is 0.561. The van der Waals surface area contributed by atoms with Gasteiger partial charge in [-0.1, -0.05) is 19.1 Å². The summed E-state index contributed by atoms with van der Waals surface area (Å²) in [5.41, 5.74) is 2.85. The lowest BCUT2D eigenvalue weighted by atomic mass is 10.1. The number of carbonyl (C=O) groups is 2. The van der Waals surface area contributed by atoms with E-state index in [4.69, 9.17) is 0 Å². The second-order valence-electron chi connectivity index (χ2n) is 8.37. The first-order valence-electron chi connectivity index (χ1n) is 11.4. The highest BCUT2D eigenvalue weighted by Gasteiger charge is 2.24. The standard InChI is InChI=1S/C25H29N5O3/c1-3-14-30-22-7-5-4-6-21(22)28-23(24(30)32)29-15-12-20(13-16-29)27-25(33)26-19-10-8-18(9-11-19)17(2)31/h4-11,20H,3,12-16H2,1-2H3,(H2,26,27,33). The number of ketones is 1. The summed E-state index contributed by atoms with van der Waals surface area (Å²) in [5.74, 6) is 0.468. The average Bonchev–Trinajstić information content (AvgIpc) is 2.81. The van der Waals surface area contributed by atoms with Crippen molar-refractivity contribution in [1.82, 2.24) is 14.9 Å². The minimum atomic E-state index is -0.279. The van der Waals surface area contributed by atoms with E-state index in [0.717, 1.165) is 30.3 Å². The van der Waals surface area contributed by atoms with E-state index >= 15 is 0 Å². The Morgan fingerprint density at radius 2 is 1.76 bits per heavy atom. The second kappa shape index (κ2) is 9.85. The summed E-state index contributed by atoms with van der Waals surface area (Å²) in [6, 6.07) is 14.3. The Bertz CT molecular complexity index is 1210. The maximum atomic E-state index is 13.2. The fourth-order valence-corrected chi connectivity index (χ4v) is 4.21. The van der Waals surface area contributed by atoms with Crippen LogP contribution < -0.4 is 21.1 Å². The third-order valence-electron chi connectivity index (χ3n) is 5.96. The molecule has 0 saturated carbocycles. The van der Waals surface area contributed by atoms with Crippen molar-refractivity contribution in [3.63, 3.8) is 0 Å². The van der Waals surface area contributed by atoms with E-state index in [0.29, 0.717) is 36.7 Å². The van der Waals surface area contributed by atoms with Crippen LogP contribution in [0.5, 0.6) is 0 Å². The fraction of sp³-hybridized carbons (Fsp3) is 0.360. The van der Waals surface area contributed by atoms with Gasteiger partial charge < -0.3 is 20.1 Å². The topological polar surface area (TPSA) is 96.3 Å². The molecule has 1 aromatic heterocycles. The zero-order chi connectivity index (χ0) is 23.4. The van der Waals surface area contributed by atoms with Gasteiger partial charge in [0, 0.05) is 36.9 Å². The fourth-order valence-electron chi connectivity index (χ4n) is 4.21. The van der Waals surface area contributed by atoms with Gasteiger partial charge in [-0.2, -0.15) is 0 Å². The highest BCUT2D eigenvalue weighted by atomic mass is 16.2. The van der Waals surface area contributed by atoms with Crippen molar-refractivity contribution in [2.45, 2.75) is 45.7 Å². The van der Waals surface area contributed by atoms with Crippen LogP contribution in [0, 0.1) is 0 Å². The van der Waals surface area contributed by atoms with E-state index in [1.165, 1.54) is 6.92 Å². The molecule has 1 fully saturated rings. The Kier molecular flexibility index (Phi) is 6.72. The number of Topliss-reactive ketones (excluding diaryl/α,β-unsaturated/α-hetero) is 1. The van der Waals surface area contributed by atoms with Gasteiger partial charge in [0.15, 0.2) is 11.6 Å². The van der Waals surface area contributed by atoms with E-state index in [2.05, 4.69) is 22.5 Å². The monoisotopic (exact) mass is 447 g/mol. The van der Waals surface area contributed by atoms with Crippen molar-refractivity contribution in [2.75, 3.05) is 23.3 Å². The molecule has 1 aliphatic rings. The molecule has 0 aliphatic carbocycles. The van der Waals surface area contributed by atoms with Crippen molar-refractivity contribution in [3.05, 3.63) is 64.4 Å². The van der Waals surface area contributed by atoms with Gasteiger partial charge in [0.05, 0.1) is 11.0 Å². The largest absolute Gasteiger partial charge is 0.352 e. The van der Waals surface area contributed by atoms with Crippen LogP contribution in [0.25, 0.3) is 11.0 Å². The van der Waals surface area contributed by atoms with E-state index in [-0.39, 0.29) is 23.4 Å². The molecule has 0 bridgehead atoms. The number of nitrogens with zero attached hydrogens (tertiary/aromatic N) is 3. The third kappa shape index (κ3) is 5.05. The molecule has 3 aromatic rings. The normalized spacial score (nSPS) is 14.3. The maximum absolute atomic E-state index is 13.2. The Morgan fingerprint density at radius 1 is 1.06 bits per heavy atom. The molecule has 0 radical (unpaired) electrons. The van der Waals surface area contributed by atoms with E-state index < -0.39 is 0 Å². The van der Waals surface area contributed by atoms with Gasteiger partial charge in [-0.25, -0.2) is 9.78 Å². The molecule has 2 heterocycles. The molecule has 0 unspecified atom stereocenters. The van der Waals surface area contributed by atoms with Crippen LogP contribution in [-0.4, -0.2) is 40.5 Å². The molecule has 0 spiro atoms. The highest BCUT2D eigenvalue weighted by Crippen LogP contribution is 2.19. The van der Waals surface area contributed by atoms with Gasteiger partial charge in [0.1, 0.15) is 0 Å². The molecule has 4 rings (SSSR count). The Morgan fingerprint density at radius 3 is 2.42 bits per heavy atom. The number of nitrogens with one attached hydrogen (secondary N) is 2. The van der Waals surface area contributed by atoms with Crippen molar-refractivity contribution in [1.29, 1.82) is 0 Å². The summed E-state index contributed by atoms with van der Waals surface area (Å²) >= 11 is 0.